The first-order chi connectivity index (χ1) is 29.7. The molecule has 0 amide bonds. The van der Waals surface area contributed by atoms with Gasteiger partial charge in [-0.2, -0.15) is 0 Å². The van der Waals surface area contributed by atoms with Crippen LogP contribution in [-0.4, -0.2) is 223 Å². The lowest BCUT2D eigenvalue weighted by Gasteiger charge is -2.49. The summed E-state index contributed by atoms with van der Waals surface area (Å²) in [7, 11) is 0. The van der Waals surface area contributed by atoms with E-state index in [2.05, 4.69) is 0 Å². The van der Waals surface area contributed by atoms with E-state index in [-0.39, 0.29) is 16.7 Å². The van der Waals surface area contributed by atoms with Crippen molar-refractivity contribution < 1.29 is 118 Å². The van der Waals surface area contributed by atoms with Gasteiger partial charge in [-0.25, -0.2) is 14.4 Å². The molecule has 0 bridgehead atoms. The van der Waals surface area contributed by atoms with Crippen LogP contribution in [0.2, 0.25) is 0 Å². The van der Waals surface area contributed by atoms with Gasteiger partial charge >= 0.3 is 17.9 Å². The Hall–Kier alpha value is -3.09. The highest BCUT2D eigenvalue weighted by atomic mass is 16.8. The van der Waals surface area contributed by atoms with Gasteiger partial charge in [-0.1, -0.05) is 18.2 Å². The lowest BCUT2D eigenvalue weighted by Crippen LogP contribution is -2.67. The molecule has 4 heterocycles. The summed E-state index contributed by atoms with van der Waals surface area (Å²) in [5, 5.41) is 119. The van der Waals surface area contributed by atoms with Crippen LogP contribution in [0.4, 0.5) is 0 Å². The predicted molar refractivity (Wildman–Crippen MR) is 204 cm³/mol. The molecular weight excluding hydrogens is 852 g/mol. The summed E-state index contributed by atoms with van der Waals surface area (Å²) in [6.45, 7) is 5.98. The molecule has 24 heteroatoms. The lowest BCUT2D eigenvalue weighted by atomic mass is 9.96. The van der Waals surface area contributed by atoms with Crippen molar-refractivity contribution in [3.05, 3.63) is 34.9 Å². The molecule has 0 saturated carbocycles. The summed E-state index contributed by atoms with van der Waals surface area (Å²) in [5.41, 5.74) is 0.513. The van der Waals surface area contributed by atoms with Gasteiger partial charge < -0.3 is 104 Å². The summed E-state index contributed by atoms with van der Waals surface area (Å²) in [5.74, 6) is -2.48. The van der Waals surface area contributed by atoms with Gasteiger partial charge in [0.1, 0.15) is 117 Å². The van der Waals surface area contributed by atoms with Crippen LogP contribution < -0.4 is 0 Å². The number of carbonyl (C=O) groups excluding carboxylic acids is 3. The van der Waals surface area contributed by atoms with Crippen molar-refractivity contribution in [1.29, 1.82) is 0 Å². The van der Waals surface area contributed by atoms with E-state index < -0.39 is 167 Å². The van der Waals surface area contributed by atoms with E-state index in [9.17, 15) is 70.6 Å². The molecule has 4 aliphatic heterocycles. The minimum absolute atomic E-state index is 0.160. The van der Waals surface area contributed by atoms with E-state index in [1.54, 1.807) is 20.8 Å². The SMILES string of the molecule is C/C=C(\C)C(=O)OC[C@@H]1O[C@H](O[C@@H]2[C@H](O[C@@H]3O[C@@H](COC(=O)/C(C)=C/C)[C@H](O)[C@@H](O)[C@@H]3O[C@H]3O[C@@H](CO)[C@H](O)[C@@H](O)[C@@H]3O)O[C@@H](COC(=O)/C(C)=C/C)[C@H](O)[C@H]2O)[C@@H](O)[C@H](O)[C@H]1O. The first kappa shape index (κ1) is 52.5. The molecule has 0 aromatic rings. The van der Waals surface area contributed by atoms with Gasteiger partial charge in [-0.05, 0) is 41.5 Å². The van der Waals surface area contributed by atoms with Gasteiger partial charge in [0.15, 0.2) is 25.2 Å². The minimum Gasteiger partial charge on any atom is -0.459 e. The minimum atomic E-state index is -2.13. The van der Waals surface area contributed by atoms with E-state index in [4.69, 9.17) is 47.4 Å². The Morgan fingerprint density at radius 1 is 0.413 bits per heavy atom. The third-order valence-electron chi connectivity index (χ3n) is 11.1. The van der Waals surface area contributed by atoms with Crippen LogP contribution in [0.3, 0.4) is 0 Å². The van der Waals surface area contributed by atoms with E-state index in [0.717, 1.165) is 0 Å². The molecule has 0 unspecified atom stereocenters. The van der Waals surface area contributed by atoms with Crippen molar-refractivity contribution in [2.24, 2.45) is 0 Å². The fraction of sp³-hybridized carbons (Fsp3) is 0.769. The highest BCUT2D eigenvalue weighted by Crippen LogP contribution is 2.35. The van der Waals surface area contributed by atoms with Crippen molar-refractivity contribution in [3.8, 4) is 0 Å². The van der Waals surface area contributed by atoms with Crippen LogP contribution in [0.25, 0.3) is 0 Å². The number of allylic oxidation sites excluding steroid dienone is 3. The molecule has 11 N–H and O–H groups in total. The Kier molecular flexibility index (Phi) is 19.5. The molecule has 4 saturated heterocycles. The molecule has 4 aliphatic rings. The number of hydrogen-bond donors (Lipinski definition) is 11. The number of ether oxygens (including phenoxy) is 10. The van der Waals surface area contributed by atoms with Crippen molar-refractivity contribution in [2.45, 2.75) is 164 Å². The number of rotatable bonds is 16. The number of aliphatic hydroxyl groups excluding tert-OH is 11. The standard InChI is InChI=1S/C39H60O24/c1-7-14(4)33(51)54-11-18-22(42)26(46)30(50)37(58-18)62-32-28(48)24(44)20(13-56-35(53)16(6)9-3)60-39(32)63-38-31(61-36-29(49)25(45)21(41)17(10-40)57-36)27(47)23(43)19(59-38)12-55-34(52)15(5)8-2/h7-9,17-32,36-50H,10-13H2,1-6H3/b14-7+,15-8+,16-9+/t17-,18-,19-,20-,21-,22-,23-,24-,25+,26+,27+,28+,29-,30-,31-,32-,36+,37+,38-,39-/m0/s1. The maximum atomic E-state index is 12.5. The van der Waals surface area contributed by atoms with Crippen LogP contribution in [0.1, 0.15) is 41.5 Å². The van der Waals surface area contributed by atoms with Crippen molar-refractivity contribution in [2.75, 3.05) is 26.4 Å². The fourth-order valence-electron chi connectivity index (χ4n) is 6.55. The summed E-state index contributed by atoms with van der Waals surface area (Å²) in [6, 6.07) is 0. The van der Waals surface area contributed by atoms with Crippen LogP contribution in [0.15, 0.2) is 34.9 Å². The quantitative estimate of drug-likeness (QED) is 0.0392. The second kappa shape index (κ2) is 23.4. The van der Waals surface area contributed by atoms with Crippen molar-refractivity contribution >= 4 is 17.9 Å². The third kappa shape index (κ3) is 12.4. The second-order valence-corrected chi connectivity index (χ2v) is 15.3. The monoisotopic (exact) mass is 912 g/mol. The number of hydrogen-bond acceptors (Lipinski definition) is 24. The zero-order chi connectivity index (χ0) is 47.0. The zero-order valence-electron chi connectivity index (χ0n) is 35.3. The van der Waals surface area contributed by atoms with Crippen molar-refractivity contribution in [3.63, 3.8) is 0 Å². The molecule has 4 rings (SSSR count). The fourth-order valence-corrected chi connectivity index (χ4v) is 6.55. The molecule has 20 atom stereocenters. The largest absolute Gasteiger partial charge is 0.459 e. The first-order valence-corrected chi connectivity index (χ1v) is 20.1. The van der Waals surface area contributed by atoms with Gasteiger partial charge in [0.2, 0.25) is 0 Å². The topological polar surface area (TPSA) is 366 Å². The van der Waals surface area contributed by atoms with Crippen LogP contribution in [0, 0.1) is 0 Å². The highest BCUT2D eigenvalue weighted by Gasteiger charge is 2.56. The molecule has 4 fully saturated rings. The number of aliphatic hydroxyl groups is 11. The average molecular weight is 913 g/mol. The Morgan fingerprint density at radius 2 is 0.698 bits per heavy atom. The molecule has 360 valence electrons. The first-order valence-electron chi connectivity index (χ1n) is 20.1. The average Bonchev–Trinajstić information content (AvgIpc) is 3.28. The van der Waals surface area contributed by atoms with Crippen LogP contribution in [0.5, 0.6) is 0 Å². The van der Waals surface area contributed by atoms with Gasteiger partial charge in [0, 0.05) is 16.7 Å². The summed E-state index contributed by atoms with van der Waals surface area (Å²) in [6.07, 6.45) is -34.3. The molecule has 0 aromatic heterocycles. The summed E-state index contributed by atoms with van der Waals surface area (Å²) in [4.78, 5) is 37.4. The molecular formula is C39H60O24. The second-order valence-electron chi connectivity index (χ2n) is 15.3. The van der Waals surface area contributed by atoms with Gasteiger partial charge in [-0.3, -0.25) is 0 Å². The predicted octanol–water partition coefficient (Wildman–Crippen LogP) is -5.20. The maximum Gasteiger partial charge on any atom is 0.333 e. The lowest BCUT2D eigenvalue weighted by molar-refractivity contribution is -0.414. The van der Waals surface area contributed by atoms with Gasteiger partial charge in [0.05, 0.1) is 6.61 Å². The highest BCUT2D eigenvalue weighted by molar-refractivity contribution is 5.88. The summed E-state index contributed by atoms with van der Waals surface area (Å²) >= 11 is 0. The zero-order valence-corrected chi connectivity index (χ0v) is 35.3. The Bertz CT molecular complexity index is 1620. The molecule has 0 spiro atoms. The van der Waals surface area contributed by atoms with E-state index in [0.29, 0.717) is 0 Å². The Balaban J connectivity index is 1.72. The molecule has 63 heavy (non-hydrogen) atoms. The Labute approximate surface area is 361 Å². The molecule has 0 aliphatic carbocycles. The Morgan fingerprint density at radius 3 is 1.02 bits per heavy atom. The molecule has 24 nitrogen and oxygen atoms in total. The van der Waals surface area contributed by atoms with Gasteiger partial charge in [0.25, 0.3) is 0 Å². The van der Waals surface area contributed by atoms with Crippen molar-refractivity contribution in [1.82, 2.24) is 0 Å². The number of esters is 3. The smallest absolute Gasteiger partial charge is 0.333 e. The van der Waals surface area contributed by atoms with Gasteiger partial charge in [-0.15, -0.1) is 0 Å². The van der Waals surface area contributed by atoms with E-state index in [1.807, 2.05) is 0 Å². The summed E-state index contributed by atoms with van der Waals surface area (Å²) < 4.78 is 56.4. The van der Waals surface area contributed by atoms with E-state index >= 15 is 0 Å². The molecule has 0 aromatic carbocycles. The maximum absolute atomic E-state index is 12.5. The molecule has 0 radical (unpaired) electrons. The van der Waals surface area contributed by atoms with E-state index in [1.165, 1.54) is 39.0 Å². The number of carbonyl (C=O) groups is 3. The normalized spacial score (nSPS) is 41.8. The third-order valence-corrected chi connectivity index (χ3v) is 11.1. The van der Waals surface area contributed by atoms with Crippen LogP contribution in [-0.2, 0) is 61.8 Å². The van der Waals surface area contributed by atoms with Crippen LogP contribution >= 0.6 is 0 Å².